The minimum absolute atomic E-state index is 1.16. The van der Waals surface area contributed by atoms with E-state index < -0.39 is 0 Å². The number of hydrazine groups is 1. The highest BCUT2D eigenvalue weighted by Gasteiger charge is 2.20. The van der Waals surface area contributed by atoms with Crippen LogP contribution in [0.4, 0.5) is 0 Å². The van der Waals surface area contributed by atoms with Crippen LogP contribution in [0.3, 0.4) is 0 Å². The van der Waals surface area contributed by atoms with Gasteiger partial charge in [0.2, 0.25) is 0 Å². The lowest BCUT2D eigenvalue weighted by atomic mass is 10.4. The fourth-order valence-electron chi connectivity index (χ4n) is 2.23. The van der Waals surface area contributed by atoms with Crippen molar-refractivity contribution >= 4 is 0 Å². The predicted octanol–water partition coefficient (Wildman–Crippen LogP) is 0.984. The van der Waals surface area contributed by atoms with Crippen LogP contribution in [0.5, 0.6) is 0 Å². The monoisotopic (exact) mass is 234 g/mol. The number of nitrogens with one attached hydrogen (secondary N) is 1. The quantitative estimate of drug-likeness (QED) is 0.785. The number of rotatable bonds is 1. The fourth-order valence-corrected chi connectivity index (χ4v) is 2.23. The Labute approximate surface area is 104 Å². The molecule has 0 spiro atoms. The van der Waals surface area contributed by atoms with Gasteiger partial charge in [0.25, 0.3) is 0 Å². The van der Waals surface area contributed by atoms with Crippen molar-refractivity contribution in [2.45, 2.75) is 12.8 Å². The van der Waals surface area contributed by atoms with Gasteiger partial charge in [0, 0.05) is 51.7 Å². The summed E-state index contributed by atoms with van der Waals surface area (Å²) < 4.78 is 0. The third-order valence-electron chi connectivity index (χ3n) is 3.14. The second kappa shape index (κ2) is 7.37. The smallest absolute Gasteiger partial charge is 0.0267 e. The van der Waals surface area contributed by atoms with Crippen molar-refractivity contribution in [2.24, 2.45) is 0 Å². The van der Waals surface area contributed by atoms with E-state index in [4.69, 9.17) is 0 Å². The normalized spacial score (nSPS) is 21.9. The largest absolute Gasteiger partial charge is 0.314 e. The lowest BCUT2D eigenvalue weighted by molar-refractivity contribution is -0.0128. The minimum atomic E-state index is 1.16. The molecule has 1 N–H and O–H groups in total. The molecule has 0 bridgehead atoms. The molecule has 2 saturated heterocycles. The van der Waals surface area contributed by atoms with Crippen LogP contribution in [0, 0.1) is 0 Å². The van der Waals surface area contributed by atoms with E-state index in [1.807, 2.05) is 18.2 Å². The molecule has 0 radical (unpaired) electrons. The zero-order chi connectivity index (χ0) is 11.8. The summed E-state index contributed by atoms with van der Waals surface area (Å²) in [6.45, 7) is 7.33. The first-order chi connectivity index (χ1) is 8.47. The van der Waals surface area contributed by atoms with Crippen molar-refractivity contribution in [3.8, 4) is 0 Å². The SMILES string of the molecule is C1CCN(N2CCNCC2)C1.c1ccncc1. The Bertz CT molecular complexity index is 252. The third-order valence-corrected chi connectivity index (χ3v) is 3.14. The van der Waals surface area contributed by atoms with Crippen LogP contribution < -0.4 is 5.32 Å². The Hall–Kier alpha value is -0.970. The number of piperazine rings is 1. The maximum absolute atomic E-state index is 3.78. The highest BCUT2D eigenvalue weighted by Crippen LogP contribution is 2.10. The molecule has 0 atom stereocenters. The van der Waals surface area contributed by atoms with Crippen LogP contribution in [0.1, 0.15) is 12.8 Å². The van der Waals surface area contributed by atoms with E-state index in [1.54, 1.807) is 12.4 Å². The summed E-state index contributed by atoms with van der Waals surface area (Å²) in [5.41, 5.74) is 0. The molecule has 2 fully saturated rings. The summed E-state index contributed by atoms with van der Waals surface area (Å²) in [6.07, 6.45) is 6.29. The molecule has 1 aromatic heterocycles. The second-order valence-electron chi connectivity index (χ2n) is 4.39. The molecule has 1 aromatic rings. The molecule has 2 aliphatic heterocycles. The lowest BCUT2D eigenvalue weighted by Gasteiger charge is -2.34. The maximum atomic E-state index is 3.78. The zero-order valence-corrected chi connectivity index (χ0v) is 10.4. The van der Waals surface area contributed by atoms with Gasteiger partial charge in [-0.1, -0.05) is 6.07 Å². The average Bonchev–Trinajstić information content (AvgIpc) is 2.96. The minimum Gasteiger partial charge on any atom is -0.314 e. The molecule has 4 nitrogen and oxygen atoms in total. The second-order valence-corrected chi connectivity index (χ2v) is 4.39. The lowest BCUT2D eigenvalue weighted by Crippen LogP contribution is -2.51. The summed E-state index contributed by atoms with van der Waals surface area (Å²) in [5.74, 6) is 0. The molecule has 0 unspecified atom stereocenters. The summed E-state index contributed by atoms with van der Waals surface area (Å²) in [4.78, 5) is 3.78. The molecule has 3 heterocycles. The third kappa shape index (κ3) is 4.42. The van der Waals surface area contributed by atoms with Gasteiger partial charge in [-0.25, -0.2) is 10.0 Å². The summed E-state index contributed by atoms with van der Waals surface area (Å²) in [6, 6.07) is 5.72. The Morgan fingerprint density at radius 3 is 1.82 bits per heavy atom. The van der Waals surface area contributed by atoms with Crippen molar-refractivity contribution in [3.05, 3.63) is 30.6 Å². The van der Waals surface area contributed by atoms with E-state index in [1.165, 1.54) is 39.0 Å². The number of pyridine rings is 1. The molecule has 94 valence electrons. The van der Waals surface area contributed by atoms with Crippen LogP contribution in [0.15, 0.2) is 30.6 Å². The Morgan fingerprint density at radius 1 is 0.765 bits per heavy atom. The molecule has 17 heavy (non-hydrogen) atoms. The molecule has 0 aliphatic carbocycles. The van der Waals surface area contributed by atoms with E-state index in [0.717, 1.165) is 13.1 Å². The highest BCUT2D eigenvalue weighted by atomic mass is 15.6. The number of aromatic nitrogens is 1. The maximum Gasteiger partial charge on any atom is 0.0267 e. The molecule has 3 rings (SSSR count). The Morgan fingerprint density at radius 2 is 1.35 bits per heavy atom. The van der Waals surface area contributed by atoms with Crippen LogP contribution in [0.25, 0.3) is 0 Å². The van der Waals surface area contributed by atoms with Gasteiger partial charge >= 0.3 is 0 Å². The topological polar surface area (TPSA) is 31.4 Å². The van der Waals surface area contributed by atoms with Gasteiger partial charge in [0.05, 0.1) is 0 Å². The van der Waals surface area contributed by atoms with E-state index in [9.17, 15) is 0 Å². The zero-order valence-electron chi connectivity index (χ0n) is 10.4. The van der Waals surface area contributed by atoms with Gasteiger partial charge in [-0.05, 0) is 25.0 Å². The average molecular weight is 234 g/mol. The van der Waals surface area contributed by atoms with Gasteiger partial charge < -0.3 is 5.32 Å². The summed E-state index contributed by atoms with van der Waals surface area (Å²) in [5, 5.41) is 8.39. The number of hydrogen-bond acceptors (Lipinski definition) is 4. The van der Waals surface area contributed by atoms with Crippen LogP contribution in [-0.2, 0) is 0 Å². The van der Waals surface area contributed by atoms with Crippen molar-refractivity contribution in [1.29, 1.82) is 0 Å². The molecule has 0 aromatic carbocycles. The van der Waals surface area contributed by atoms with Crippen molar-refractivity contribution in [1.82, 2.24) is 20.3 Å². The molecular formula is C13H22N4. The van der Waals surface area contributed by atoms with Gasteiger partial charge in [-0.2, -0.15) is 0 Å². The first-order valence-electron chi connectivity index (χ1n) is 6.52. The summed E-state index contributed by atoms with van der Waals surface area (Å²) >= 11 is 0. The predicted molar refractivity (Wildman–Crippen MR) is 69.5 cm³/mol. The van der Waals surface area contributed by atoms with Crippen molar-refractivity contribution < 1.29 is 0 Å². The molecule has 2 aliphatic rings. The van der Waals surface area contributed by atoms with E-state index in [0.29, 0.717) is 0 Å². The molecule has 0 amide bonds. The molecule has 4 heteroatoms. The van der Waals surface area contributed by atoms with Gasteiger partial charge in [0.15, 0.2) is 0 Å². The first kappa shape index (κ1) is 12.5. The van der Waals surface area contributed by atoms with Crippen LogP contribution in [0.2, 0.25) is 0 Å². The first-order valence-corrected chi connectivity index (χ1v) is 6.52. The standard InChI is InChI=1S/C8H17N3.C5H5N/c1-2-6-10(5-1)11-7-3-9-4-8-11;1-2-4-6-5-3-1/h9H,1-8H2;1-5H. The van der Waals surface area contributed by atoms with E-state index >= 15 is 0 Å². The van der Waals surface area contributed by atoms with E-state index in [2.05, 4.69) is 20.3 Å². The number of nitrogens with zero attached hydrogens (tertiary/aromatic N) is 3. The highest BCUT2D eigenvalue weighted by molar-refractivity contribution is 4.88. The van der Waals surface area contributed by atoms with Gasteiger partial charge in [0.1, 0.15) is 0 Å². The summed E-state index contributed by atoms with van der Waals surface area (Å²) in [7, 11) is 0. The Kier molecular flexibility index (Phi) is 5.42. The molecular weight excluding hydrogens is 212 g/mol. The molecule has 0 saturated carbocycles. The van der Waals surface area contributed by atoms with Gasteiger partial charge in [-0.15, -0.1) is 0 Å². The van der Waals surface area contributed by atoms with Crippen LogP contribution in [-0.4, -0.2) is 54.3 Å². The van der Waals surface area contributed by atoms with Crippen LogP contribution >= 0.6 is 0 Å². The van der Waals surface area contributed by atoms with Crippen molar-refractivity contribution in [3.63, 3.8) is 0 Å². The van der Waals surface area contributed by atoms with Gasteiger partial charge in [-0.3, -0.25) is 4.98 Å². The number of hydrogen-bond donors (Lipinski definition) is 1. The fraction of sp³-hybridized carbons (Fsp3) is 0.615. The Balaban J connectivity index is 0.000000153. The van der Waals surface area contributed by atoms with Crippen molar-refractivity contribution in [2.75, 3.05) is 39.3 Å². The van der Waals surface area contributed by atoms with E-state index in [-0.39, 0.29) is 0 Å².